The van der Waals surface area contributed by atoms with Crippen molar-refractivity contribution in [2.75, 3.05) is 6.61 Å². The highest BCUT2D eigenvalue weighted by Gasteiger charge is 2.37. The molecule has 0 aliphatic carbocycles. The molecule has 1 aliphatic rings. The van der Waals surface area contributed by atoms with Gasteiger partial charge in [-0.05, 0) is 44.0 Å². The second kappa shape index (κ2) is 7.16. The van der Waals surface area contributed by atoms with Gasteiger partial charge in [-0.25, -0.2) is 4.79 Å². The zero-order chi connectivity index (χ0) is 18.0. The molecule has 2 N–H and O–H groups in total. The monoisotopic (exact) mass is 366 g/mol. The van der Waals surface area contributed by atoms with E-state index >= 15 is 0 Å². The van der Waals surface area contributed by atoms with Crippen molar-refractivity contribution in [2.45, 2.75) is 26.7 Å². The van der Waals surface area contributed by atoms with Crippen molar-refractivity contribution in [3.05, 3.63) is 56.1 Å². The first kappa shape index (κ1) is 18.2. The van der Waals surface area contributed by atoms with Crippen LogP contribution in [0.15, 0.2) is 34.9 Å². The molecule has 0 spiro atoms. The summed E-state index contributed by atoms with van der Waals surface area (Å²) in [6, 6.07) is 5.32. The number of carbonyl (C=O) groups excluding carboxylic acids is 1. The van der Waals surface area contributed by atoms with Gasteiger partial charge in [-0.2, -0.15) is 5.26 Å². The van der Waals surface area contributed by atoms with Crippen molar-refractivity contribution in [3.63, 3.8) is 0 Å². The number of benzene rings is 1. The van der Waals surface area contributed by atoms with E-state index in [1.807, 2.05) is 6.07 Å². The van der Waals surface area contributed by atoms with Gasteiger partial charge in [0.2, 0.25) is 5.88 Å². The highest BCUT2D eigenvalue weighted by molar-refractivity contribution is 6.34. The van der Waals surface area contributed by atoms with Gasteiger partial charge in [-0.3, -0.25) is 0 Å². The molecule has 0 saturated heterocycles. The first-order valence-electron chi connectivity index (χ1n) is 7.22. The van der Waals surface area contributed by atoms with E-state index < -0.39 is 11.9 Å². The summed E-state index contributed by atoms with van der Waals surface area (Å²) < 4.78 is 10.5. The van der Waals surface area contributed by atoms with Crippen LogP contribution in [0.4, 0.5) is 0 Å². The molecular formula is C17H16Cl2N2O3. The van der Waals surface area contributed by atoms with Gasteiger partial charge in [0.15, 0.2) is 0 Å². The number of rotatable bonds is 3. The lowest BCUT2D eigenvalue weighted by atomic mass is 9.82. The SMILES string of the molecule is CCOC(=O)C1=C(C)OC(N)=C(C#N)C1c1cc(Cl)cc(C)c1Cl. The number of nitrogens with two attached hydrogens (primary N) is 1. The van der Waals surface area contributed by atoms with Gasteiger partial charge in [0, 0.05) is 10.0 Å². The lowest BCUT2D eigenvalue weighted by Crippen LogP contribution is -2.25. The fourth-order valence-electron chi connectivity index (χ4n) is 2.63. The molecule has 1 aromatic rings. The molecule has 126 valence electrons. The molecule has 1 aliphatic heterocycles. The van der Waals surface area contributed by atoms with E-state index in [0.29, 0.717) is 15.6 Å². The maximum atomic E-state index is 12.4. The number of nitriles is 1. The largest absolute Gasteiger partial charge is 0.463 e. The Labute approximate surface area is 150 Å². The number of nitrogens with zero attached hydrogens (tertiary/aromatic N) is 1. The molecule has 0 saturated carbocycles. The van der Waals surface area contributed by atoms with Crippen molar-refractivity contribution in [1.82, 2.24) is 0 Å². The number of hydrogen-bond donors (Lipinski definition) is 1. The lowest BCUT2D eigenvalue weighted by Gasteiger charge is -2.27. The van der Waals surface area contributed by atoms with Crippen LogP contribution in [0, 0.1) is 18.3 Å². The summed E-state index contributed by atoms with van der Waals surface area (Å²) >= 11 is 12.6. The van der Waals surface area contributed by atoms with Crippen LogP contribution in [0.25, 0.3) is 0 Å². The zero-order valence-electron chi connectivity index (χ0n) is 13.4. The number of hydrogen-bond acceptors (Lipinski definition) is 5. The number of carbonyl (C=O) groups is 1. The molecule has 7 heteroatoms. The fourth-order valence-corrected chi connectivity index (χ4v) is 3.13. The van der Waals surface area contributed by atoms with Gasteiger partial charge in [-0.1, -0.05) is 23.2 Å². The first-order valence-corrected chi connectivity index (χ1v) is 7.98. The van der Waals surface area contributed by atoms with Crippen LogP contribution in [-0.2, 0) is 14.3 Å². The van der Waals surface area contributed by atoms with Crippen LogP contribution < -0.4 is 5.73 Å². The molecule has 5 nitrogen and oxygen atoms in total. The Morgan fingerprint density at radius 3 is 2.67 bits per heavy atom. The minimum Gasteiger partial charge on any atom is -0.463 e. The minimum absolute atomic E-state index is 0.0678. The van der Waals surface area contributed by atoms with E-state index in [1.165, 1.54) is 0 Å². The van der Waals surface area contributed by atoms with E-state index in [4.69, 9.17) is 38.4 Å². The van der Waals surface area contributed by atoms with Gasteiger partial charge in [-0.15, -0.1) is 0 Å². The van der Waals surface area contributed by atoms with Crippen LogP contribution in [0.3, 0.4) is 0 Å². The molecule has 2 rings (SSSR count). The van der Waals surface area contributed by atoms with E-state index in [9.17, 15) is 10.1 Å². The van der Waals surface area contributed by atoms with Crippen molar-refractivity contribution < 1.29 is 14.3 Å². The Morgan fingerprint density at radius 2 is 2.08 bits per heavy atom. The van der Waals surface area contributed by atoms with E-state index in [1.54, 1.807) is 32.9 Å². The third-order valence-corrected chi connectivity index (χ3v) is 4.39. The first-order chi connectivity index (χ1) is 11.3. The molecule has 0 fully saturated rings. The minimum atomic E-state index is -0.798. The quantitative estimate of drug-likeness (QED) is 0.818. The van der Waals surface area contributed by atoms with E-state index in [0.717, 1.165) is 5.56 Å². The van der Waals surface area contributed by atoms with Crippen molar-refractivity contribution in [3.8, 4) is 6.07 Å². The third kappa shape index (κ3) is 3.21. The van der Waals surface area contributed by atoms with Crippen LogP contribution >= 0.6 is 23.2 Å². The van der Waals surface area contributed by atoms with Crippen LogP contribution in [0.1, 0.15) is 30.9 Å². The average molecular weight is 367 g/mol. The molecule has 1 heterocycles. The second-order valence-corrected chi connectivity index (χ2v) is 6.06. The normalized spacial score (nSPS) is 17.4. The predicted molar refractivity (Wildman–Crippen MR) is 91.2 cm³/mol. The smallest absolute Gasteiger partial charge is 0.338 e. The molecule has 0 amide bonds. The maximum absolute atomic E-state index is 12.4. The summed E-state index contributed by atoms with van der Waals surface area (Å²) in [7, 11) is 0. The van der Waals surface area contributed by atoms with Crippen molar-refractivity contribution in [2.24, 2.45) is 5.73 Å². The number of allylic oxidation sites excluding steroid dienone is 2. The standard InChI is InChI=1S/C17H16Cl2N2O3/c1-4-23-17(22)13-9(3)24-16(21)12(7-20)14(13)11-6-10(18)5-8(2)15(11)19/h5-6,14H,4,21H2,1-3H3. The molecule has 24 heavy (non-hydrogen) atoms. The highest BCUT2D eigenvalue weighted by atomic mass is 35.5. The summed E-state index contributed by atoms with van der Waals surface area (Å²) in [4.78, 5) is 12.4. The zero-order valence-corrected chi connectivity index (χ0v) is 15.0. The van der Waals surface area contributed by atoms with Gasteiger partial charge < -0.3 is 15.2 Å². The Bertz CT molecular complexity index is 807. The van der Waals surface area contributed by atoms with Crippen molar-refractivity contribution in [1.29, 1.82) is 5.26 Å². The highest BCUT2D eigenvalue weighted by Crippen LogP contribution is 2.43. The van der Waals surface area contributed by atoms with Gasteiger partial charge in [0.05, 0.1) is 18.1 Å². The topological polar surface area (TPSA) is 85.3 Å². The molecule has 0 radical (unpaired) electrons. The molecule has 1 unspecified atom stereocenters. The fraction of sp³-hybridized carbons (Fsp3) is 0.294. The molecule has 0 bridgehead atoms. The summed E-state index contributed by atoms with van der Waals surface area (Å²) in [5, 5.41) is 10.4. The van der Waals surface area contributed by atoms with E-state index in [-0.39, 0.29) is 29.4 Å². The van der Waals surface area contributed by atoms with Crippen LogP contribution in [0.2, 0.25) is 10.0 Å². The van der Waals surface area contributed by atoms with Crippen LogP contribution in [-0.4, -0.2) is 12.6 Å². The molecule has 1 aromatic carbocycles. The Kier molecular flexibility index (Phi) is 5.43. The Balaban J connectivity index is 2.75. The summed E-state index contributed by atoms with van der Waals surface area (Å²) in [5.74, 6) is -1.19. The average Bonchev–Trinajstić information content (AvgIpc) is 2.50. The van der Waals surface area contributed by atoms with Crippen LogP contribution in [0.5, 0.6) is 0 Å². The van der Waals surface area contributed by atoms with Gasteiger partial charge in [0.25, 0.3) is 0 Å². The number of esters is 1. The number of aryl methyl sites for hydroxylation is 1. The van der Waals surface area contributed by atoms with Crippen molar-refractivity contribution >= 4 is 29.2 Å². The predicted octanol–water partition coefficient (Wildman–Crippen LogP) is 3.95. The molecule has 0 aromatic heterocycles. The Morgan fingerprint density at radius 1 is 1.42 bits per heavy atom. The van der Waals surface area contributed by atoms with Gasteiger partial charge >= 0.3 is 5.97 Å². The maximum Gasteiger partial charge on any atom is 0.338 e. The molecule has 1 atom stereocenters. The summed E-state index contributed by atoms with van der Waals surface area (Å²) in [6.45, 7) is 5.26. The molecular weight excluding hydrogens is 351 g/mol. The van der Waals surface area contributed by atoms with Gasteiger partial charge in [0.1, 0.15) is 17.4 Å². The number of ether oxygens (including phenoxy) is 2. The van der Waals surface area contributed by atoms with E-state index in [2.05, 4.69) is 0 Å². The summed E-state index contributed by atoms with van der Waals surface area (Å²) in [6.07, 6.45) is 0. The number of halogens is 2. The summed E-state index contributed by atoms with van der Waals surface area (Å²) in [5.41, 5.74) is 7.35. The second-order valence-electron chi connectivity index (χ2n) is 5.24. The third-order valence-electron chi connectivity index (χ3n) is 3.66. The Hall–Kier alpha value is -2.16. The lowest BCUT2D eigenvalue weighted by molar-refractivity contribution is -0.139.